The Morgan fingerprint density at radius 2 is 1.96 bits per heavy atom. The molecule has 0 fully saturated rings. The van der Waals surface area contributed by atoms with Crippen molar-refractivity contribution in [3.8, 4) is 0 Å². The van der Waals surface area contributed by atoms with Gasteiger partial charge in [0.05, 0.1) is 6.54 Å². The van der Waals surface area contributed by atoms with Gasteiger partial charge in [0.25, 0.3) is 0 Å². The zero-order chi connectivity index (χ0) is 16.8. The Bertz CT molecular complexity index is 632. The predicted molar refractivity (Wildman–Crippen MR) is 91.3 cm³/mol. The van der Waals surface area contributed by atoms with Crippen molar-refractivity contribution in [1.82, 2.24) is 10.5 Å². The third-order valence-electron chi connectivity index (χ3n) is 3.79. The largest absolute Gasteiger partial charge is 0.360 e. The number of nitrogens with one attached hydrogen (secondary N) is 2. The highest BCUT2D eigenvalue weighted by Crippen LogP contribution is 2.22. The molecule has 5 nitrogen and oxygen atoms in total. The molecule has 124 valence electrons. The van der Waals surface area contributed by atoms with Gasteiger partial charge in [0.1, 0.15) is 5.76 Å². The van der Waals surface area contributed by atoms with E-state index in [9.17, 15) is 4.79 Å². The molecule has 1 aromatic heterocycles. The predicted octanol–water partition coefficient (Wildman–Crippen LogP) is 3.47. The standard InChI is InChI=1S/C18H25N3O2/c1-5-14-6-8-15(9-7-14)18(12(2)3)19-11-17(22)20-16-10-13(4)23-21-16/h6-10,12,18-19H,5,11H2,1-4H3,(H,20,21,22)/t18-/m1/s1. The average molecular weight is 315 g/mol. The lowest BCUT2D eigenvalue weighted by atomic mass is 9.95. The minimum absolute atomic E-state index is 0.130. The van der Waals surface area contributed by atoms with Crippen LogP contribution >= 0.6 is 0 Å². The minimum atomic E-state index is -0.130. The SMILES string of the molecule is CCc1ccc([C@H](NCC(=O)Nc2cc(C)on2)C(C)C)cc1. The van der Waals surface area contributed by atoms with Crippen LogP contribution in [0.5, 0.6) is 0 Å². The normalized spacial score (nSPS) is 12.4. The number of aryl methyl sites for hydroxylation is 2. The second-order valence-electron chi connectivity index (χ2n) is 6.07. The lowest BCUT2D eigenvalue weighted by Crippen LogP contribution is -2.33. The van der Waals surface area contributed by atoms with Crippen molar-refractivity contribution in [1.29, 1.82) is 0 Å². The van der Waals surface area contributed by atoms with Crippen molar-refractivity contribution in [3.05, 3.63) is 47.2 Å². The van der Waals surface area contributed by atoms with Crippen LogP contribution in [0.1, 0.15) is 43.7 Å². The van der Waals surface area contributed by atoms with Crippen LogP contribution in [0.25, 0.3) is 0 Å². The molecule has 2 rings (SSSR count). The molecule has 2 aromatic rings. The summed E-state index contributed by atoms with van der Waals surface area (Å²) >= 11 is 0. The first-order chi connectivity index (χ1) is 11.0. The van der Waals surface area contributed by atoms with E-state index in [0.717, 1.165) is 6.42 Å². The fraction of sp³-hybridized carbons (Fsp3) is 0.444. The van der Waals surface area contributed by atoms with Crippen LogP contribution in [0.3, 0.4) is 0 Å². The van der Waals surface area contributed by atoms with Gasteiger partial charge < -0.3 is 15.2 Å². The molecule has 0 aliphatic heterocycles. The number of rotatable bonds is 7. The number of hydrogen-bond acceptors (Lipinski definition) is 4. The van der Waals surface area contributed by atoms with Crippen molar-refractivity contribution in [2.45, 2.75) is 40.2 Å². The first-order valence-electron chi connectivity index (χ1n) is 8.05. The molecular formula is C18H25N3O2. The molecule has 5 heteroatoms. The number of nitrogens with zero attached hydrogens (tertiary/aromatic N) is 1. The Morgan fingerprint density at radius 1 is 1.26 bits per heavy atom. The van der Waals surface area contributed by atoms with Gasteiger partial charge in [-0.1, -0.05) is 50.2 Å². The molecule has 1 heterocycles. The topological polar surface area (TPSA) is 67.2 Å². The second-order valence-corrected chi connectivity index (χ2v) is 6.07. The van der Waals surface area contributed by atoms with Crippen LogP contribution < -0.4 is 10.6 Å². The van der Waals surface area contributed by atoms with Gasteiger partial charge in [0.15, 0.2) is 5.82 Å². The van der Waals surface area contributed by atoms with Crippen molar-refractivity contribution >= 4 is 11.7 Å². The Kier molecular flexibility index (Phi) is 5.93. The van der Waals surface area contributed by atoms with Crippen molar-refractivity contribution < 1.29 is 9.32 Å². The van der Waals surface area contributed by atoms with Gasteiger partial charge in [-0.25, -0.2) is 0 Å². The smallest absolute Gasteiger partial charge is 0.239 e. The second kappa shape index (κ2) is 7.92. The van der Waals surface area contributed by atoms with E-state index in [0.29, 0.717) is 17.5 Å². The number of hydrogen-bond donors (Lipinski definition) is 2. The molecule has 0 spiro atoms. The van der Waals surface area contributed by atoms with Crippen LogP contribution in [0.2, 0.25) is 0 Å². The van der Waals surface area contributed by atoms with E-state index >= 15 is 0 Å². The van der Waals surface area contributed by atoms with Crippen LogP contribution in [-0.4, -0.2) is 17.6 Å². The molecule has 0 aliphatic carbocycles. The zero-order valence-corrected chi connectivity index (χ0v) is 14.2. The lowest BCUT2D eigenvalue weighted by Gasteiger charge is -2.23. The average Bonchev–Trinajstić information content (AvgIpc) is 2.92. The highest BCUT2D eigenvalue weighted by molar-refractivity contribution is 5.91. The Hall–Kier alpha value is -2.14. The van der Waals surface area contributed by atoms with E-state index < -0.39 is 0 Å². The van der Waals surface area contributed by atoms with E-state index in [1.54, 1.807) is 13.0 Å². The Labute approximate surface area is 137 Å². The fourth-order valence-electron chi connectivity index (χ4n) is 2.51. The summed E-state index contributed by atoms with van der Waals surface area (Å²) in [7, 11) is 0. The fourth-order valence-corrected chi connectivity index (χ4v) is 2.51. The minimum Gasteiger partial charge on any atom is -0.360 e. The van der Waals surface area contributed by atoms with E-state index in [-0.39, 0.29) is 18.5 Å². The van der Waals surface area contributed by atoms with E-state index in [2.05, 4.69) is 60.8 Å². The van der Waals surface area contributed by atoms with Gasteiger partial charge in [0, 0.05) is 12.1 Å². The van der Waals surface area contributed by atoms with E-state index in [1.165, 1.54) is 11.1 Å². The maximum Gasteiger partial charge on any atom is 0.239 e. The molecule has 0 aliphatic rings. The summed E-state index contributed by atoms with van der Waals surface area (Å²) in [5, 5.41) is 9.81. The highest BCUT2D eigenvalue weighted by Gasteiger charge is 2.17. The number of aromatic nitrogens is 1. The van der Waals surface area contributed by atoms with Crippen molar-refractivity contribution in [3.63, 3.8) is 0 Å². The summed E-state index contributed by atoms with van der Waals surface area (Å²) in [6.07, 6.45) is 1.03. The molecule has 0 bridgehead atoms. The Balaban J connectivity index is 1.94. The summed E-state index contributed by atoms with van der Waals surface area (Å²) in [4.78, 5) is 12.0. The first-order valence-corrected chi connectivity index (χ1v) is 8.05. The van der Waals surface area contributed by atoms with Gasteiger partial charge in [-0.05, 0) is 30.4 Å². The summed E-state index contributed by atoms with van der Waals surface area (Å²) in [5.74, 6) is 1.37. The van der Waals surface area contributed by atoms with Gasteiger partial charge in [0.2, 0.25) is 5.91 Å². The third kappa shape index (κ3) is 4.93. The summed E-state index contributed by atoms with van der Waals surface area (Å²) in [5.41, 5.74) is 2.51. The molecule has 1 amide bonds. The molecule has 0 saturated heterocycles. The molecule has 0 radical (unpaired) electrons. The summed E-state index contributed by atoms with van der Waals surface area (Å²) < 4.78 is 4.94. The highest BCUT2D eigenvalue weighted by atomic mass is 16.5. The number of carbonyl (C=O) groups is 1. The van der Waals surface area contributed by atoms with Gasteiger partial charge in [-0.15, -0.1) is 0 Å². The lowest BCUT2D eigenvalue weighted by molar-refractivity contribution is -0.115. The van der Waals surface area contributed by atoms with Crippen molar-refractivity contribution in [2.24, 2.45) is 5.92 Å². The van der Waals surface area contributed by atoms with Gasteiger partial charge >= 0.3 is 0 Å². The van der Waals surface area contributed by atoms with Crippen LogP contribution in [0, 0.1) is 12.8 Å². The summed E-state index contributed by atoms with van der Waals surface area (Å²) in [6, 6.07) is 10.4. The van der Waals surface area contributed by atoms with Gasteiger partial charge in [-0.3, -0.25) is 4.79 Å². The molecule has 1 aromatic carbocycles. The quantitative estimate of drug-likeness (QED) is 0.821. The van der Waals surface area contributed by atoms with Crippen LogP contribution in [-0.2, 0) is 11.2 Å². The molecule has 1 atom stereocenters. The molecule has 0 unspecified atom stereocenters. The summed E-state index contributed by atoms with van der Waals surface area (Å²) in [6.45, 7) is 8.44. The van der Waals surface area contributed by atoms with E-state index in [1.807, 2.05) is 0 Å². The molecular weight excluding hydrogens is 290 g/mol. The van der Waals surface area contributed by atoms with Crippen LogP contribution in [0.15, 0.2) is 34.9 Å². The number of benzene rings is 1. The van der Waals surface area contributed by atoms with E-state index in [4.69, 9.17) is 4.52 Å². The number of amides is 1. The number of anilines is 1. The van der Waals surface area contributed by atoms with Crippen LogP contribution in [0.4, 0.5) is 5.82 Å². The first kappa shape index (κ1) is 17.2. The number of carbonyl (C=O) groups excluding carboxylic acids is 1. The Morgan fingerprint density at radius 3 is 2.48 bits per heavy atom. The zero-order valence-electron chi connectivity index (χ0n) is 14.2. The molecule has 0 saturated carbocycles. The maximum absolute atomic E-state index is 12.0. The van der Waals surface area contributed by atoms with Crippen molar-refractivity contribution in [2.75, 3.05) is 11.9 Å². The van der Waals surface area contributed by atoms with Gasteiger partial charge in [-0.2, -0.15) is 0 Å². The maximum atomic E-state index is 12.0. The molecule has 23 heavy (non-hydrogen) atoms. The monoisotopic (exact) mass is 315 g/mol. The third-order valence-corrected chi connectivity index (χ3v) is 3.79. The molecule has 2 N–H and O–H groups in total.